The number of rotatable bonds is 7. The largest absolute Gasteiger partial charge is 0.480 e. The van der Waals surface area contributed by atoms with Gasteiger partial charge in [-0.25, -0.2) is 0 Å². The molecule has 2 fully saturated rings. The second-order valence-electron chi connectivity index (χ2n) is 5.89. The first kappa shape index (κ1) is 11.9. The van der Waals surface area contributed by atoms with Crippen LogP contribution in [0.2, 0.25) is 0 Å². The van der Waals surface area contributed by atoms with Gasteiger partial charge >= 0.3 is 5.97 Å². The van der Waals surface area contributed by atoms with Crippen LogP contribution in [-0.2, 0) is 4.79 Å². The first-order valence-corrected chi connectivity index (χ1v) is 6.56. The number of nitrogens with one attached hydrogen (secondary N) is 1. The van der Waals surface area contributed by atoms with Gasteiger partial charge in [0, 0.05) is 6.04 Å². The lowest BCUT2D eigenvalue weighted by molar-refractivity contribution is -0.140. The summed E-state index contributed by atoms with van der Waals surface area (Å²) in [6, 6.07) is 0.144. The van der Waals surface area contributed by atoms with Crippen LogP contribution in [0.3, 0.4) is 0 Å². The van der Waals surface area contributed by atoms with Crippen molar-refractivity contribution in [1.29, 1.82) is 0 Å². The van der Waals surface area contributed by atoms with Crippen molar-refractivity contribution in [1.82, 2.24) is 5.32 Å². The lowest BCUT2D eigenvalue weighted by atomic mass is 10.0. The van der Waals surface area contributed by atoms with Gasteiger partial charge in [-0.1, -0.05) is 13.8 Å². The van der Waals surface area contributed by atoms with Gasteiger partial charge in [0.1, 0.15) is 6.04 Å². The Morgan fingerprint density at radius 3 is 2.06 bits per heavy atom. The van der Waals surface area contributed by atoms with Gasteiger partial charge < -0.3 is 10.4 Å². The zero-order valence-electron chi connectivity index (χ0n) is 10.3. The van der Waals surface area contributed by atoms with Crippen LogP contribution >= 0.6 is 0 Å². The third-order valence-corrected chi connectivity index (χ3v) is 3.66. The lowest BCUT2D eigenvalue weighted by Crippen LogP contribution is -2.46. The molecule has 2 saturated carbocycles. The van der Waals surface area contributed by atoms with Crippen LogP contribution in [0.15, 0.2) is 0 Å². The number of aliphatic carboxylic acids is 1. The Bertz CT molecular complexity index is 245. The minimum Gasteiger partial charge on any atom is -0.480 e. The van der Waals surface area contributed by atoms with Gasteiger partial charge in [-0.3, -0.25) is 4.79 Å². The lowest BCUT2D eigenvalue weighted by Gasteiger charge is -2.24. The molecule has 1 atom stereocenters. The van der Waals surface area contributed by atoms with Crippen LogP contribution in [0.4, 0.5) is 0 Å². The molecule has 0 aromatic carbocycles. The average Bonchev–Trinajstić information content (AvgIpc) is 3.00. The van der Waals surface area contributed by atoms with E-state index in [0.717, 1.165) is 18.3 Å². The predicted molar refractivity (Wildman–Crippen MR) is 63.3 cm³/mol. The third-order valence-electron chi connectivity index (χ3n) is 3.66. The highest BCUT2D eigenvalue weighted by Crippen LogP contribution is 2.44. The molecule has 16 heavy (non-hydrogen) atoms. The molecule has 3 nitrogen and oxygen atoms in total. The van der Waals surface area contributed by atoms with E-state index in [2.05, 4.69) is 19.2 Å². The zero-order valence-corrected chi connectivity index (χ0v) is 10.3. The van der Waals surface area contributed by atoms with Crippen LogP contribution in [0.5, 0.6) is 0 Å². The fraction of sp³-hybridized carbons (Fsp3) is 0.923. The van der Waals surface area contributed by atoms with Crippen LogP contribution in [0, 0.1) is 17.8 Å². The molecule has 2 aliphatic carbocycles. The molecule has 92 valence electrons. The molecular formula is C13H23NO2. The normalized spacial score (nSPS) is 22.8. The van der Waals surface area contributed by atoms with Crippen LogP contribution < -0.4 is 5.32 Å². The molecule has 2 aliphatic rings. The minimum atomic E-state index is -0.681. The van der Waals surface area contributed by atoms with E-state index in [1.165, 1.54) is 25.7 Å². The Labute approximate surface area is 97.6 Å². The van der Waals surface area contributed by atoms with E-state index in [9.17, 15) is 9.90 Å². The van der Waals surface area contributed by atoms with Crippen molar-refractivity contribution in [2.45, 2.75) is 58.0 Å². The molecule has 0 aliphatic heterocycles. The molecule has 0 saturated heterocycles. The Morgan fingerprint density at radius 2 is 1.75 bits per heavy atom. The average molecular weight is 225 g/mol. The van der Waals surface area contributed by atoms with Crippen molar-refractivity contribution in [3.05, 3.63) is 0 Å². The summed E-state index contributed by atoms with van der Waals surface area (Å²) in [4.78, 5) is 11.2. The summed E-state index contributed by atoms with van der Waals surface area (Å²) in [7, 11) is 0. The second kappa shape index (κ2) is 4.74. The van der Waals surface area contributed by atoms with Crippen LogP contribution in [-0.4, -0.2) is 23.2 Å². The molecule has 0 aromatic heterocycles. The van der Waals surface area contributed by atoms with Crippen LogP contribution in [0.25, 0.3) is 0 Å². The molecule has 0 aromatic rings. The van der Waals surface area contributed by atoms with Crippen molar-refractivity contribution in [2.75, 3.05) is 0 Å². The zero-order chi connectivity index (χ0) is 11.7. The third kappa shape index (κ3) is 3.21. The van der Waals surface area contributed by atoms with Crippen molar-refractivity contribution >= 4 is 5.97 Å². The molecule has 0 heterocycles. The van der Waals surface area contributed by atoms with Gasteiger partial charge in [-0.15, -0.1) is 0 Å². The summed E-state index contributed by atoms with van der Waals surface area (Å²) < 4.78 is 0. The standard InChI is InChI=1S/C13H23NO2/c1-8(2)7-11(13(15)16)14-12(9-3-4-9)10-5-6-10/h8-12,14H,3-7H2,1-2H3,(H,15,16). The summed E-state index contributed by atoms with van der Waals surface area (Å²) in [5.41, 5.74) is 0. The fourth-order valence-corrected chi connectivity index (χ4v) is 2.51. The van der Waals surface area contributed by atoms with E-state index in [-0.39, 0.29) is 6.04 Å². The Hall–Kier alpha value is -0.570. The maximum absolute atomic E-state index is 11.2. The van der Waals surface area contributed by atoms with E-state index < -0.39 is 5.97 Å². The van der Waals surface area contributed by atoms with Gasteiger partial charge in [-0.05, 0) is 49.9 Å². The van der Waals surface area contributed by atoms with Gasteiger partial charge in [0.25, 0.3) is 0 Å². The molecular weight excluding hydrogens is 202 g/mol. The maximum atomic E-state index is 11.2. The molecule has 0 bridgehead atoms. The quantitative estimate of drug-likeness (QED) is 0.698. The minimum absolute atomic E-state index is 0.341. The predicted octanol–water partition coefficient (Wildman–Crippen LogP) is 2.26. The van der Waals surface area contributed by atoms with Gasteiger partial charge in [0.2, 0.25) is 0 Å². The summed E-state index contributed by atoms with van der Waals surface area (Å²) in [6.07, 6.45) is 5.92. The van der Waals surface area contributed by atoms with Crippen molar-refractivity contribution < 1.29 is 9.90 Å². The number of carbonyl (C=O) groups is 1. The summed E-state index contributed by atoms with van der Waals surface area (Å²) in [5, 5.41) is 12.6. The van der Waals surface area contributed by atoms with E-state index in [4.69, 9.17) is 0 Å². The maximum Gasteiger partial charge on any atom is 0.320 e. The molecule has 2 N–H and O–H groups in total. The fourth-order valence-electron chi connectivity index (χ4n) is 2.51. The Balaban J connectivity index is 1.89. The van der Waals surface area contributed by atoms with Crippen molar-refractivity contribution in [2.24, 2.45) is 17.8 Å². The van der Waals surface area contributed by atoms with E-state index in [1.54, 1.807) is 0 Å². The summed E-state index contributed by atoms with van der Waals surface area (Å²) in [6.45, 7) is 4.17. The first-order valence-electron chi connectivity index (χ1n) is 6.56. The second-order valence-corrected chi connectivity index (χ2v) is 5.89. The van der Waals surface area contributed by atoms with Gasteiger partial charge in [0.05, 0.1) is 0 Å². The first-order chi connectivity index (χ1) is 7.58. The molecule has 1 unspecified atom stereocenters. The number of hydrogen-bond donors (Lipinski definition) is 2. The van der Waals surface area contributed by atoms with Gasteiger partial charge in [0.15, 0.2) is 0 Å². The topological polar surface area (TPSA) is 49.3 Å². The number of carboxylic acid groups (broad SMARTS) is 1. The smallest absolute Gasteiger partial charge is 0.320 e. The Morgan fingerprint density at radius 1 is 1.25 bits per heavy atom. The highest BCUT2D eigenvalue weighted by Gasteiger charge is 2.42. The molecule has 0 amide bonds. The monoisotopic (exact) mass is 225 g/mol. The summed E-state index contributed by atoms with van der Waals surface area (Å²) in [5.74, 6) is 1.29. The highest BCUT2D eigenvalue weighted by atomic mass is 16.4. The number of carboxylic acids is 1. The SMILES string of the molecule is CC(C)CC(NC(C1CC1)C1CC1)C(=O)O. The summed E-state index contributed by atoms with van der Waals surface area (Å²) >= 11 is 0. The molecule has 0 spiro atoms. The number of hydrogen-bond acceptors (Lipinski definition) is 2. The Kier molecular flexibility index (Phi) is 3.53. The van der Waals surface area contributed by atoms with Crippen molar-refractivity contribution in [3.8, 4) is 0 Å². The van der Waals surface area contributed by atoms with Crippen LogP contribution in [0.1, 0.15) is 46.0 Å². The van der Waals surface area contributed by atoms with E-state index >= 15 is 0 Å². The van der Waals surface area contributed by atoms with Gasteiger partial charge in [-0.2, -0.15) is 0 Å². The van der Waals surface area contributed by atoms with E-state index in [0.29, 0.717) is 12.0 Å². The van der Waals surface area contributed by atoms with E-state index in [1.807, 2.05) is 0 Å². The highest BCUT2D eigenvalue weighted by molar-refractivity contribution is 5.73. The molecule has 2 rings (SSSR count). The molecule has 3 heteroatoms. The van der Waals surface area contributed by atoms with Crippen molar-refractivity contribution in [3.63, 3.8) is 0 Å². The molecule has 0 radical (unpaired) electrons.